The fourth-order valence-corrected chi connectivity index (χ4v) is 3.63. The number of ether oxygens (including phenoxy) is 2. The molecular weight excluding hydrogens is 312 g/mol. The molecule has 0 radical (unpaired) electrons. The largest absolute Gasteiger partial charge is 0.389 e. The van der Waals surface area contributed by atoms with Gasteiger partial charge in [-0.2, -0.15) is 4.31 Å². The molecule has 0 saturated heterocycles. The van der Waals surface area contributed by atoms with Crippen LogP contribution in [0.2, 0.25) is 0 Å². The molecule has 0 aliphatic rings. The van der Waals surface area contributed by atoms with Gasteiger partial charge in [0.05, 0.1) is 18.1 Å². The molecule has 0 bridgehead atoms. The van der Waals surface area contributed by atoms with Crippen molar-refractivity contribution >= 4 is 27.2 Å². The van der Waals surface area contributed by atoms with Crippen LogP contribution in [0.25, 0.3) is 0 Å². The first-order valence-electron chi connectivity index (χ1n) is 6.32. The van der Waals surface area contributed by atoms with Crippen LogP contribution in [-0.4, -0.2) is 58.2 Å². The number of hydrogen-bond acceptors (Lipinski definition) is 5. The van der Waals surface area contributed by atoms with Gasteiger partial charge in [0.15, 0.2) is 0 Å². The zero-order valence-electron chi connectivity index (χ0n) is 12.1. The second-order valence-electron chi connectivity index (χ2n) is 4.25. The van der Waals surface area contributed by atoms with Crippen molar-refractivity contribution in [2.45, 2.75) is 4.90 Å². The standard InChI is InChI=1S/C13H20N2O4S2/c1-18-9-7-15(8-10-19-2)21(16,17)12-6-4-3-5-11(12)13(14)20/h3-6H,7-10H2,1-2H3,(H2,14,20). The van der Waals surface area contributed by atoms with Crippen molar-refractivity contribution < 1.29 is 17.9 Å². The fourth-order valence-electron chi connectivity index (χ4n) is 1.77. The number of rotatable bonds is 9. The van der Waals surface area contributed by atoms with Gasteiger partial charge in [0.25, 0.3) is 0 Å². The lowest BCUT2D eigenvalue weighted by Gasteiger charge is -2.22. The van der Waals surface area contributed by atoms with Gasteiger partial charge in [-0.05, 0) is 6.07 Å². The highest BCUT2D eigenvalue weighted by Gasteiger charge is 2.27. The van der Waals surface area contributed by atoms with Crippen LogP contribution < -0.4 is 5.73 Å². The molecule has 1 aromatic rings. The smallest absolute Gasteiger partial charge is 0.243 e. The Morgan fingerprint density at radius 2 is 1.71 bits per heavy atom. The average molecular weight is 332 g/mol. The molecule has 0 heterocycles. The number of methoxy groups -OCH3 is 2. The van der Waals surface area contributed by atoms with Crippen LogP contribution >= 0.6 is 12.2 Å². The molecular formula is C13H20N2O4S2. The number of sulfonamides is 1. The van der Waals surface area contributed by atoms with Crippen molar-refractivity contribution in [1.82, 2.24) is 4.31 Å². The summed E-state index contributed by atoms with van der Waals surface area (Å²) in [7, 11) is -0.680. The van der Waals surface area contributed by atoms with Gasteiger partial charge in [-0.1, -0.05) is 30.4 Å². The van der Waals surface area contributed by atoms with Gasteiger partial charge in [0.2, 0.25) is 10.0 Å². The van der Waals surface area contributed by atoms with Crippen LogP contribution in [0.1, 0.15) is 5.56 Å². The Kier molecular flexibility index (Phi) is 7.20. The molecule has 0 fully saturated rings. The van der Waals surface area contributed by atoms with Crippen molar-refractivity contribution in [1.29, 1.82) is 0 Å². The van der Waals surface area contributed by atoms with E-state index in [0.29, 0.717) is 5.56 Å². The van der Waals surface area contributed by atoms with E-state index >= 15 is 0 Å². The van der Waals surface area contributed by atoms with E-state index < -0.39 is 10.0 Å². The van der Waals surface area contributed by atoms with E-state index in [9.17, 15) is 8.42 Å². The Bertz CT molecular complexity index is 567. The van der Waals surface area contributed by atoms with Gasteiger partial charge in [-0.3, -0.25) is 0 Å². The molecule has 0 atom stereocenters. The maximum Gasteiger partial charge on any atom is 0.243 e. The monoisotopic (exact) mass is 332 g/mol. The maximum absolute atomic E-state index is 12.8. The second-order valence-corrected chi connectivity index (χ2v) is 6.60. The lowest BCUT2D eigenvalue weighted by molar-refractivity contribution is 0.150. The number of thiocarbonyl (C=S) groups is 1. The van der Waals surface area contributed by atoms with Crippen molar-refractivity contribution in [3.05, 3.63) is 29.8 Å². The highest BCUT2D eigenvalue weighted by molar-refractivity contribution is 7.89. The minimum Gasteiger partial charge on any atom is -0.389 e. The summed E-state index contributed by atoms with van der Waals surface area (Å²) in [5, 5.41) is 0. The quantitative estimate of drug-likeness (QED) is 0.667. The number of benzene rings is 1. The van der Waals surface area contributed by atoms with E-state index in [1.807, 2.05) is 0 Å². The average Bonchev–Trinajstić information content (AvgIpc) is 2.47. The Labute approximate surface area is 130 Å². The van der Waals surface area contributed by atoms with Crippen molar-refractivity contribution in [3.8, 4) is 0 Å². The lowest BCUT2D eigenvalue weighted by atomic mass is 10.2. The summed E-state index contributed by atoms with van der Waals surface area (Å²) in [5.74, 6) is 0. The third-order valence-corrected chi connectivity index (χ3v) is 5.04. The fraction of sp³-hybridized carbons (Fsp3) is 0.462. The van der Waals surface area contributed by atoms with E-state index in [0.717, 1.165) is 0 Å². The molecule has 0 aliphatic heterocycles. The van der Waals surface area contributed by atoms with Gasteiger partial charge in [0, 0.05) is 32.9 Å². The number of nitrogens with two attached hydrogens (primary N) is 1. The van der Waals surface area contributed by atoms with E-state index in [-0.39, 0.29) is 36.2 Å². The Hall–Kier alpha value is -1.06. The molecule has 1 aromatic carbocycles. The predicted molar refractivity (Wildman–Crippen MR) is 84.8 cm³/mol. The molecule has 0 saturated carbocycles. The van der Waals surface area contributed by atoms with E-state index in [2.05, 4.69) is 0 Å². The topological polar surface area (TPSA) is 81.9 Å². The number of nitrogens with zero attached hydrogens (tertiary/aromatic N) is 1. The minimum atomic E-state index is -3.72. The molecule has 118 valence electrons. The maximum atomic E-state index is 12.8. The number of hydrogen-bond donors (Lipinski definition) is 1. The summed E-state index contributed by atoms with van der Waals surface area (Å²) in [6, 6.07) is 6.43. The normalized spacial score (nSPS) is 11.8. The van der Waals surface area contributed by atoms with Crippen LogP contribution in [0.4, 0.5) is 0 Å². The third kappa shape index (κ3) is 4.72. The Balaban J connectivity index is 3.18. The van der Waals surface area contributed by atoms with Crippen LogP contribution in [-0.2, 0) is 19.5 Å². The first-order chi connectivity index (χ1) is 9.95. The predicted octanol–water partition coefficient (Wildman–Crippen LogP) is 0.604. The van der Waals surface area contributed by atoms with Crippen LogP contribution in [0.15, 0.2) is 29.2 Å². The Morgan fingerprint density at radius 1 is 1.19 bits per heavy atom. The highest BCUT2D eigenvalue weighted by Crippen LogP contribution is 2.20. The summed E-state index contributed by atoms with van der Waals surface area (Å²) in [6.45, 7) is 1.04. The van der Waals surface area contributed by atoms with Gasteiger partial charge in [-0.25, -0.2) is 8.42 Å². The molecule has 1 rings (SSSR count). The van der Waals surface area contributed by atoms with Crippen molar-refractivity contribution in [2.24, 2.45) is 5.73 Å². The van der Waals surface area contributed by atoms with Crippen LogP contribution in [0.5, 0.6) is 0 Å². The van der Waals surface area contributed by atoms with Gasteiger partial charge < -0.3 is 15.2 Å². The second kappa shape index (κ2) is 8.40. The lowest BCUT2D eigenvalue weighted by Crippen LogP contribution is -2.37. The molecule has 0 amide bonds. The Morgan fingerprint density at radius 3 is 2.19 bits per heavy atom. The molecule has 8 heteroatoms. The molecule has 2 N–H and O–H groups in total. The SMILES string of the molecule is COCCN(CCOC)S(=O)(=O)c1ccccc1C(N)=S. The molecule has 0 aromatic heterocycles. The van der Waals surface area contributed by atoms with Gasteiger partial charge in [-0.15, -0.1) is 0 Å². The molecule has 0 unspecified atom stereocenters. The first kappa shape index (κ1) is 18.0. The van der Waals surface area contributed by atoms with Crippen molar-refractivity contribution in [3.63, 3.8) is 0 Å². The zero-order chi connectivity index (χ0) is 15.9. The first-order valence-corrected chi connectivity index (χ1v) is 8.16. The van der Waals surface area contributed by atoms with Crippen LogP contribution in [0.3, 0.4) is 0 Å². The van der Waals surface area contributed by atoms with E-state index in [1.165, 1.54) is 24.6 Å². The van der Waals surface area contributed by atoms with E-state index in [4.69, 9.17) is 27.4 Å². The molecule has 0 aliphatic carbocycles. The van der Waals surface area contributed by atoms with Gasteiger partial charge in [0.1, 0.15) is 4.99 Å². The van der Waals surface area contributed by atoms with E-state index in [1.54, 1.807) is 18.2 Å². The zero-order valence-corrected chi connectivity index (χ0v) is 13.7. The summed E-state index contributed by atoms with van der Waals surface area (Å²) in [5.41, 5.74) is 5.95. The summed E-state index contributed by atoms with van der Waals surface area (Å²) in [6.07, 6.45) is 0. The molecule has 6 nitrogen and oxygen atoms in total. The minimum absolute atomic E-state index is 0.0487. The third-order valence-electron chi connectivity index (χ3n) is 2.86. The molecule has 21 heavy (non-hydrogen) atoms. The van der Waals surface area contributed by atoms with Gasteiger partial charge >= 0.3 is 0 Å². The van der Waals surface area contributed by atoms with Crippen LogP contribution in [0, 0.1) is 0 Å². The summed E-state index contributed by atoms with van der Waals surface area (Å²) in [4.78, 5) is 0.150. The molecule has 0 spiro atoms. The highest BCUT2D eigenvalue weighted by atomic mass is 32.2. The van der Waals surface area contributed by atoms with Crippen molar-refractivity contribution in [2.75, 3.05) is 40.5 Å². The summed E-state index contributed by atoms with van der Waals surface area (Å²) >= 11 is 4.93. The summed E-state index contributed by atoms with van der Waals surface area (Å²) < 4.78 is 36.8.